The standard InChI is InChI=1S/C13H17NO2S/c1-13(2,3)14-8-10-9(12(15)16-4)6-5-7-11(10)17-14/h5-7H,8H2,1-4H3. The lowest BCUT2D eigenvalue weighted by atomic mass is 10.0. The van der Waals surface area contributed by atoms with Gasteiger partial charge in [0.15, 0.2) is 0 Å². The summed E-state index contributed by atoms with van der Waals surface area (Å²) in [6.45, 7) is 7.30. The molecule has 1 aromatic carbocycles. The Morgan fingerprint density at radius 3 is 2.71 bits per heavy atom. The highest BCUT2D eigenvalue weighted by atomic mass is 32.2. The molecule has 0 radical (unpaired) electrons. The van der Waals surface area contributed by atoms with Gasteiger partial charge in [-0.25, -0.2) is 9.10 Å². The van der Waals surface area contributed by atoms with Gasteiger partial charge in [-0.1, -0.05) is 6.07 Å². The van der Waals surface area contributed by atoms with Crippen molar-refractivity contribution in [1.29, 1.82) is 0 Å². The number of rotatable bonds is 1. The minimum atomic E-state index is -0.252. The zero-order valence-electron chi connectivity index (χ0n) is 10.6. The number of carbonyl (C=O) groups excluding carboxylic acids is 1. The van der Waals surface area contributed by atoms with E-state index in [-0.39, 0.29) is 11.5 Å². The molecule has 0 saturated carbocycles. The first-order chi connectivity index (χ1) is 7.93. The summed E-state index contributed by atoms with van der Waals surface area (Å²) in [5.74, 6) is -0.252. The van der Waals surface area contributed by atoms with Crippen molar-refractivity contribution in [2.45, 2.75) is 37.8 Å². The Bertz CT molecular complexity index is 451. The Morgan fingerprint density at radius 1 is 1.41 bits per heavy atom. The largest absolute Gasteiger partial charge is 0.465 e. The topological polar surface area (TPSA) is 29.5 Å². The first kappa shape index (κ1) is 12.5. The Balaban J connectivity index is 2.35. The van der Waals surface area contributed by atoms with Gasteiger partial charge in [0, 0.05) is 17.0 Å². The molecular formula is C13H17NO2S. The molecule has 0 spiro atoms. The van der Waals surface area contributed by atoms with Crippen molar-refractivity contribution >= 4 is 17.9 Å². The van der Waals surface area contributed by atoms with Crippen LogP contribution in [0.3, 0.4) is 0 Å². The highest BCUT2D eigenvalue weighted by Gasteiger charge is 2.31. The fraction of sp³-hybridized carbons (Fsp3) is 0.462. The summed E-state index contributed by atoms with van der Waals surface area (Å²) in [5.41, 5.74) is 1.85. The second-order valence-electron chi connectivity index (χ2n) is 5.07. The summed E-state index contributed by atoms with van der Waals surface area (Å²) in [7, 11) is 1.42. The summed E-state index contributed by atoms with van der Waals surface area (Å²) in [6.07, 6.45) is 0. The Hall–Kier alpha value is -1.00. The van der Waals surface area contributed by atoms with Gasteiger partial charge >= 0.3 is 5.97 Å². The fourth-order valence-corrected chi connectivity index (χ4v) is 2.91. The molecule has 1 aliphatic heterocycles. The zero-order chi connectivity index (χ0) is 12.6. The third kappa shape index (κ3) is 2.33. The van der Waals surface area contributed by atoms with Crippen LogP contribution in [0.1, 0.15) is 36.7 Å². The maximum absolute atomic E-state index is 11.7. The predicted octanol–water partition coefficient (Wildman–Crippen LogP) is 3.09. The van der Waals surface area contributed by atoms with Crippen molar-refractivity contribution in [2.75, 3.05) is 7.11 Å². The predicted molar refractivity (Wildman–Crippen MR) is 68.9 cm³/mol. The third-order valence-electron chi connectivity index (χ3n) is 2.80. The van der Waals surface area contributed by atoms with Gasteiger partial charge in [-0.05, 0) is 50.4 Å². The number of methoxy groups -OCH3 is 1. The van der Waals surface area contributed by atoms with Crippen LogP contribution >= 0.6 is 11.9 Å². The highest BCUT2D eigenvalue weighted by Crippen LogP contribution is 2.41. The van der Waals surface area contributed by atoms with Crippen LogP contribution in [0.25, 0.3) is 0 Å². The molecule has 1 heterocycles. The number of carbonyl (C=O) groups is 1. The molecule has 0 saturated heterocycles. The van der Waals surface area contributed by atoms with E-state index in [0.29, 0.717) is 5.56 Å². The highest BCUT2D eigenvalue weighted by molar-refractivity contribution is 7.97. The van der Waals surface area contributed by atoms with Crippen molar-refractivity contribution in [3.8, 4) is 0 Å². The number of nitrogens with zero attached hydrogens (tertiary/aromatic N) is 1. The van der Waals surface area contributed by atoms with Crippen molar-refractivity contribution in [1.82, 2.24) is 4.31 Å². The van der Waals surface area contributed by atoms with E-state index in [2.05, 4.69) is 31.1 Å². The zero-order valence-corrected chi connectivity index (χ0v) is 11.4. The lowest BCUT2D eigenvalue weighted by Gasteiger charge is -2.29. The SMILES string of the molecule is COC(=O)c1cccc2c1CN(C(C)(C)C)S2. The second-order valence-corrected chi connectivity index (χ2v) is 6.14. The van der Waals surface area contributed by atoms with Crippen LogP contribution in [0.15, 0.2) is 23.1 Å². The van der Waals surface area contributed by atoms with E-state index in [1.165, 1.54) is 7.11 Å². The van der Waals surface area contributed by atoms with E-state index in [0.717, 1.165) is 17.0 Å². The van der Waals surface area contributed by atoms with E-state index < -0.39 is 0 Å². The molecule has 17 heavy (non-hydrogen) atoms. The minimum absolute atomic E-state index is 0.0804. The Morgan fingerprint density at radius 2 is 2.12 bits per heavy atom. The molecule has 0 aliphatic carbocycles. The quantitative estimate of drug-likeness (QED) is 0.566. The average Bonchev–Trinajstić information content (AvgIpc) is 2.71. The molecular weight excluding hydrogens is 234 g/mol. The second kappa shape index (κ2) is 4.35. The van der Waals surface area contributed by atoms with Crippen molar-refractivity contribution < 1.29 is 9.53 Å². The van der Waals surface area contributed by atoms with Gasteiger partial charge < -0.3 is 4.74 Å². The van der Waals surface area contributed by atoms with Gasteiger partial charge in [0.2, 0.25) is 0 Å². The molecule has 3 nitrogen and oxygen atoms in total. The first-order valence-corrected chi connectivity index (χ1v) is 6.36. The van der Waals surface area contributed by atoms with Crippen molar-refractivity contribution in [2.24, 2.45) is 0 Å². The molecule has 92 valence electrons. The van der Waals surface area contributed by atoms with Gasteiger partial charge in [0.05, 0.1) is 12.7 Å². The van der Waals surface area contributed by atoms with Gasteiger partial charge in [-0.3, -0.25) is 0 Å². The van der Waals surface area contributed by atoms with Crippen molar-refractivity contribution in [3.63, 3.8) is 0 Å². The van der Waals surface area contributed by atoms with Crippen LogP contribution in [0, 0.1) is 0 Å². The van der Waals surface area contributed by atoms with Gasteiger partial charge in [-0.15, -0.1) is 0 Å². The summed E-state index contributed by atoms with van der Waals surface area (Å²) < 4.78 is 7.10. The molecule has 4 heteroatoms. The molecule has 0 bridgehead atoms. The lowest BCUT2D eigenvalue weighted by Crippen LogP contribution is -2.33. The van der Waals surface area contributed by atoms with Crippen LogP contribution in [-0.4, -0.2) is 22.9 Å². The van der Waals surface area contributed by atoms with Crippen LogP contribution in [0.5, 0.6) is 0 Å². The molecule has 0 aromatic heterocycles. The Labute approximate surface area is 106 Å². The molecule has 1 aromatic rings. The van der Waals surface area contributed by atoms with Crippen LogP contribution in [0.4, 0.5) is 0 Å². The van der Waals surface area contributed by atoms with Crippen LogP contribution in [0.2, 0.25) is 0 Å². The fourth-order valence-electron chi connectivity index (χ4n) is 1.78. The van der Waals surface area contributed by atoms with Crippen molar-refractivity contribution in [3.05, 3.63) is 29.3 Å². The molecule has 0 atom stereocenters. The van der Waals surface area contributed by atoms with E-state index in [4.69, 9.17) is 4.74 Å². The van der Waals surface area contributed by atoms with Crippen LogP contribution < -0.4 is 0 Å². The van der Waals surface area contributed by atoms with E-state index in [1.54, 1.807) is 11.9 Å². The Kier molecular flexibility index (Phi) is 3.19. The monoisotopic (exact) mass is 251 g/mol. The number of fused-ring (bicyclic) bond motifs is 1. The summed E-state index contributed by atoms with van der Waals surface area (Å²) >= 11 is 1.71. The number of hydrogen-bond donors (Lipinski definition) is 0. The maximum Gasteiger partial charge on any atom is 0.338 e. The smallest absolute Gasteiger partial charge is 0.338 e. The molecule has 0 N–H and O–H groups in total. The normalized spacial score (nSPS) is 15.8. The number of esters is 1. The molecule has 0 fully saturated rings. The number of benzene rings is 1. The van der Waals surface area contributed by atoms with Gasteiger partial charge in [-0.2, -0.15) is 0 Å². The maximum atomic E-state index is 11.7. The van der Waals surface area contributed by atoms with Gasteiger partial charge in [0.25, 0.3) is 0 Å². The number of hydrogen-bond acceptors (Lipinski definition) is 4. The molecule has 0 unspecified atom stereocenters. The number of ether oxygens (including phenoxy) is 1. The molecule has 1 aliphatic rings. The average molecular weight is 251 g/mol. The van der Waals surface area contributed by atoms with E-state index >= 15 is 0 Å². The van der Waals surface area contributed by atoms with E-state index in [9.17, 15) is 4.79 Å². The lowest BCUT2D eigenvalue weighted by molar-refractivity contribution is 0.0598. The van der Waals surface area contributed by atoms with Crippen LogP contribution in [-0.2, 0) is 11.3 Å². The van der Waals surface area contributed by atoms with Gasteiger partial charge in [0.1, 0.15) is 0 Å². The summed E-state index contributed by atoms with van der Waals surface area (Å²) in [6, 6.07) is 5.79. The summed E-state index contributed by atoms with van der Waals surface area (Å²) in [4.78, 5) is 12.8. The summed E-state index contributed by atoms with van der Waals surface area (Å²) in [5, 5.41) is 0. The third-order valence-corrected chi connectivity index (χ3v) is 4.27. The molecule has 2 rings (SSSR count). The van der Waals surface area contributed by atoms with E-state index in [1.807, 2.05) is 12.1 Å². The minimum Gasteiger partial charge on any atom is -0.465 e. The molecule has 0 amide bonds. The first-order valence-electron chi connectivity index (χ1n) is 5.59.